The average Bonchev–Trinajstić information content (AvgIpc) is 2.45. The molecule has 2 N–H and O–H groups in total. The molecule has 5 heteroatoms. The summed E-state index contributed by atoms with van der Waals surface area (Å²) in [5.41, 5.74) is 2.43. The second-order valence-corrected chi connectivity index (χ2v) is 6.30. The summed E-state index contributed by atoms with van der Waals surface area (Å²) in [4.78, 5) is 2.26. The molecule has 0 saturated carbocycles. The highest BCUT2D eigenvalue weighted by atomic mass is 79.9. The third-order valence-corrected chi connectivity index (χ3v) is 4.04. The zero-order valence-corrected chi connectivity index (χ0v) is 13.7. The van der Waals surface area contributed by atoms with Crippen molar-refractivity contribution in [3.63, 3.8) is 0 Å². The quantitative estimate of drug-likeness (QED) is 0.860. The summed E-state index contributed by atoms with van der Waals surface area (Å²) in [7, 11) is 0. The fraction of sp³-hybridized carbons (Fsp3) is 0.600. The van der Waals surface area contributed by atoms with Crippen LogP contribution in [0, 0.1) is 0 Å². The Morgan fingerprint density at radius 2 is 2.30 bits per heavy atom. The predicted molar refractivity (Wildman–Crippen MR) is 85.2 cm³/mol. The van der Waals surface area contributed by atoms with Gasteiger partial charge in [-0.1, -0.05) is 19.9 Å². The average molecular weight is 343 g/mol. The summed E-state index contributed by atoms with van der Waals surface area (Å²) in [6, 6.07) is 6.94. The number of ether oxygens (including phenoxy) is 1. The zero-order valence-electron chi connectivity index (χ0n) is 12.1. The molecular formula is C15H23BrN2O2. The second kappa shape index (κ2) is 7.41. The van der Waals surface area contributed by atoms with E-state index < -0.39 is 0 Å². The molecule has 1 saturated heterocycles. The Morgan fingerprint density at radius 3 is 2.95 bits per heavy atom. The topological polar surface area (TPSA) is 44.7 Å². The number of hydrogen-bond acceptors (Lipinski definition) is 4. The van der Waals surface area contributed by atoms with E-state index in [0.717, 1.165) is 24.1 Å². The summed E-state index contributed by atoms with van der Waals surface area (Å²) in [5, 5.41) is 12.6. The molecule has 1 unspecified atom stereocenters. The molecule has 4 nitrogen and oxygen atoms in total. The molecule has 20 heavy (non-hydrogen) atoms. The van der Waals surface area contributed by atoms with E-state index in [2.05, 4.69) is 58.2 Å². The van der Waals surface area contributed by atoms with Crippen LogP contribution in [0.5, 0.6) is 0 Å². The minimum Gasteiger partial charge on any atom is -0.394 e. The van der Waals surface area contributed by atoms with Crippen molar-refractivity contribution in [2.45, 2.75) is 32.5 Å². The van der Waals surface area contributed by atoms with Crippen LogP contribution in [0.15, 0.2) is 22.7 Å². The maximum Gasteiger partial charge on any atom is 0.0980 e. The predicted octanol–water partition coefficient (Wildman–Crippen LogP) is 2.14. The lowest BCUT2D eigenvalue weighted by molar-refractivity contribution is 0.00353. The van der Waals surface area contributed by atoms with Crippen molar-refractivity contribution in [3.8, 4) is 0 Å². The zero-order chi connectivity index (χ0) is 14.5. The Morgan fingerprint density at radius 1 is 1.50 bits per heavy atom. The first kappa shape index (κ1) is 15.8. The number of rotatable bonds is 5. The monoisotopic (exact) mass is 342 g/mol. The minimum absolute atomic E-state index is 0.0739. The van der Waals surface area contributed by atoms with E-state index in [9.17, 15) is 5.11 Å². The molecule has 1 aromatic rings. The number of nitrogens with one attached hydrogen (secondary N) is 1. The van der Waals surface area contributed by atoms with E-state index in [-0.39, 0.29) is 12.7 Å². The van der Waals surface area contributed by atoms with E-state index in [0.29, 0.717) is 12.6 Å². The first-order chi connectivity index (χ1) is 9.60. The van der Waals surface area contributed by atoms with Crippen molar-refractivity contribution in [2.75, 3.05) is 31.2 Å². The molecule has 0 radical (unpaired) electrons. The first-order valence-corrected chi connectivity index (χ1v) is 7.88. The van der Waals surface area contributed by atoms with Gasteiger partial charge in [0, 0.05) is 30.1 Å². The number of nitrogens with zero attached hydrogens (tertiary/aromatic N) is 1. The number of halogens is 1. The fourth-order valence-corrected chi connectivity index (χ4v) is 2.96. The van der Waals surface area contributed by atoms with Crippen molar-refractivity contribution in [3.05, 3.63) is 28.2 Å². The molecule has 1 aliphatic rings. The number of anilines is 1. The van der Waals surface area contributed by atoms with E-state index >= 15 is 0 Å². The van der Waals surface area contributed by atoms with Crippen LogP contribution in [0.25, 0.3) is 0 Å². The SMILES string of the molecule is CC(C)NCc1ccc(N2CCOC(CO)C2)c(Br)c1. The van der Waals surface area contributed by atoms with Gasteiger partial charge in [-0.3, -0.25) is 0 Å². The second-order valence-electron chi connectivity index (χ2n) is 5.44. The number of benzene rings is 1. The molecule has 1 aromatic carbocycles. The van der Waals surface area contributed by atoms with Gasteiger partial charge < -0.3 is 20.1 Å². The van der Waals surface area contributed by atoms with Gasteiger partial charge in [-0.15, -0.1) is 0 Å². The van der Waals surface area contributed by atoms with Gasteiger partial charge in [0.1, 0.15) is 0 Å². The van der Waals surface area contributed by atoms with Crippen LogP contribution in [-0.2, 0) is 11.3 Å². The third-order valence-electron chi connectivity index (χ3n) is 3.41. The maximum atomic E-state index is 9.22. The van der Waals surface area contributed by atoms with E-state index in [1.165, 1.54) is 11.3 Å². The smallest absolute Gasteiger partial charge is 0.0980 e. The molecule has 0 aromatic heterocycles. The molecule has 1 atom stereocenters. The van der Waals surface area contributed by atoms with Crippen LogP contribution in [0.1, 0.15) is 19.4 Å². The molecule has 0 aliphatic carbocycles. The highest BCUT2D eigenvalue weighted by molar-refractivity contribution is 9.10. The fourth-order valence-electron chi connectivity index (χ4n) is 2.29. The molecule has 0 bridgehead atoms. The Hall–Kier alpha value is -0.620. The molecule has 112 valence electrons. The molecule has 1 aliphatic heterocycles. The Labute approximate surface area is 129 Å². The van der Waals surface area contributed by atoms with Crippen LogP contribution < -0.4 is 10.2 Å². The van der Waals surface area contributed by atoms with Crippen molar-refractivity contribution < 1.29 is 9.84 Å². The summed E-state index contributed by atoms with van der Waals surface area (Å²) >= 11 is 3.66. The standard InChI is InChI=1S/C15H23BrN2O2/c1-11(2)17-8-12-3-4-15(14(16)7-12)18-5-6-20-13(9-18)10-19/h3-4,7,11,13,17,19H,5-6,8-10H2,1-2H3. The number of aliphatic hydroxyl groups excluding tert-OH is 1. The van der Waals surface area contributed by atoms with Gasteiger partial charge in [-0.2, -0.15) is 0 Å². The number of morpholine rings is 1. The Balaban J connectivity index is 2.05. The lowest BCUT2D eigenvalue weighted by Crippen LogP contribution is -2.44. The summed E-state index contributed by atoms with van der Waals surface area (Å²) < 4.78 is 6.59. The normalized spacial score (nSPS) is 19.6. The lowest BCUT2D eigenvalue weighted by atomic mass is 10.1. The van der Waals surface area contributed by atoms with Gasteiger partial charge in [0.15, 0.2) is 0 Å². The minimum atomic E-state index is -0.0852. The van der Waals surface area contributed by atoms with Crippen molar-refractivity contribution >= 4 is 21.6 Å². The highest BCUT2D eigenvalue weighted by Crippen LogP contribution is 2.28. The molecule has 0 spiro atoms. The van der Waals surface area contributed by atoms with Crippen molar-refractivity contribution in [1.82, 2.24) is 5.32 Å². The molecule has 1 heterocycles. The van der Waals surface area contributed by atoms with Gasteiger partial charge in [0.25, 0.3) is 0 Å². The van der Waals surface area contributed by atoms with Crippen LogP contribution >= 0.6 is 15.9 Å². The van der Waals surface area contributed by atoms with Gasteiger partial charge >= 0.3 is 0 Å². The van der Waals surface area contributed by atoms with Crippen molar-refractivity contribution in [2.24, 2.45) is 0 Å². The third kappa shape index (κ3) is 4.19. The summed E-state index contributed by atoms with van der Waals surface area (Å²) in [5.74, 6) is 0. The largest absolute Gasteiger partial charge is 0.394 e. The van der Waals surface area contributed by atoms with E-state index in [1.54, 1.807) is 0 Å². The Kier molecular flexibility index (Phi) is 5.84. The molecule has 0 amide bonds. The summed E-state index contributed by atoms with van der Waals surface area (Å²) in [6.45, 7) is 7.49. The van der Waals surface area contributed by atoms with E-state index in [1.807, 2.05) is 0 Å². The lowest BCUT2D eigenvalue weighted by Gasteiger charge is -2.34. The van der Waals surface area contributed by atoms with Gasteiger partial charge in [0.2, 0.25) is 0 Å². The molecule has 2 rings (SSSR count). The maximum absolute atomic E-state index is 9.22. The summed E-state index contributed by atoms with van der Waals surface area (Å²) in [6.07, 6.45) is -0.0852. The highest BCUT2D eigenvalue weighted by Gasteiger charge is 2.21. The molecular weight excluding hydrogens is 320 g/mol. The van der Waals surface area contributed by atoms with Crippen LogP contribution in [0.3, 0.4) is 0 Å². The van der Waals surface area contributed by atoms with Crippen LogP contribution in [0.2, 0.25) is 0 Å². The number of aliphatic hydroxyl groups is 1. The van der Waals surface area contributed by atoms with Crippen LogP contribution in [0.4, 0.5) is 5.69 Å². The van der Waals surface area contributed by atoms with E-state index in [4.69, 9.17) is 4.74 Å². The van der Waals surface area contributed by atoms with Gasteiger partial charge in [-0.05, 0) is 33.6 Å². The van der Waals surface area contributed by atoms with Gasteiger partial charge in [0.05, 0.1) is 25.0 Å². The molecule has 1 fully saturated rings. The first-order valence-electron chi connectivity index (χ1n) is 7.09. The van der Waals surface area contributed by atoms with Crippen LogP contribution in [-0.4, -0.2) is 43.6 Å². The number of hydrogen-bond donors (Lipinski definition) is 2. The van der Waals surface area contributed by atoms with Gasteiger partial charge in [-0.25, -0.2) is 0 Å². The van der Waals surface area contributed by atoms with Crippen molar-refractivity contribution in [1.29, 1.82) is 0 Å². The Bertz CT molecular complexity index is 440.